The molecule has 0 aromatic carbocycles. The summed E-state index contributed by atoms with van der Waals surface area (Å²) in [4.78, 5) is 25.2. The van der Waals surface area contributed by atoms with Gasteiger partial charge in [-0.15, -0.1) is 11.3 Å². The third kappa shape index (κ3) is 2.71. The van der Waals surface area contributed by atoms with Crippen molar-refractivity contribution in [2.75, 3.05) is 0 Å². The van der Waals surface area contributed by atoms with E-state index in [1.165, 1.54) is 37.8 Å². The fourth-order valence-corrected chi connectivity index (χ4v) is 4.48. The average molecular weight is 340 g/mol. The third-order valence-electron chi connectivity index (χ3n) is 4.74. The van der Waals surface area contributed by atoms with Crippen LogP contribution in [-0.2, 0) is 0 Å². The van der Waals surface area contributed by atoms with Crippen LogP contribution in [0, 0.1) is 6.92 Å². The molecule has 0 radical (unpaired) electrons. The first-order valence-corrected chi connectivity index (χ1v) is 9.30. The number of aromatic nitrogens is 3. The number of carbonyl (C=O) groups excluding carboxylic acids is 1. The zero-order valence-corrected chi connectivity index (χ0v) is 14.5. The molecule has 4 rings (SSSR count). The Labute approximate surface area is 144 Å². The zero-order chi connectivity index (χ0) is 16.5. The van der Waals surface area contributed by atoms with Crippen molar-refractivity contribution in [3.63, 3.8) is 0 Å². The lowest BCUT2D eigenvalue weighted by Gasteiger charge is -2.24. The first-order valence-electron chi connectivity index (χ1n) is 8.42. The van der Waals surface area contributed by atoms with Gasteiger partial charge in [0, 0.05) is 34.9 Å². The van der Waals surface area contributed by atoms with Gasteiger partial charge in [-0.05, 0) is 31.9 Å². The van der Waals surface area contributed by atoms with E-state index in [0.29, 0.717) is 11.6 Å². The summed E-state index contributed by atoms with van der Waals surface area (Å²) in [6, 6.07) is 4.21. The van der Waals surface area contributed by atoms with Crippen LogP contribution in [0.4, 0.5) is 0 Å². The molecule has 1 saturated carbocycles. The number of aromatic amines is 1. The van der Waals surface area contributed by atoms with Crippen molar-refractivity contribution in [1.29, 1.82) is 0 Å². The van der Waals surface area contributed by atoms with Crippen molar-refractivity contribution in [1.82, 2.24) is 14.5 Å². The first-order chi connectivity index (χ1) is 11.7. The van der Waals surface area contributed by atoms with Gasteiger partial charge in [0.15, 0.2) is 4.80 Å². The van der Waals surface area contributed by atoms with E-state index >= 15 is 0 Å². The molecule has 5 nitrogen and oxygen atoms in total. The highest BCUT2D eigenvalue weighted by Gasteiger charge is 2.19. The number of nitrogens with zero attached hydrogens (tertiary/aromatic N) is 3. The van der Waals surface area contributed by atoms with Crippen LogP contribution in [0.1, 0.15) is 54.2 Å². The van der Waals surface area contributed by atoms with Crippen molar-refractivity contribution < 1.29 is 4.79 Å². The number of fused-ring (bicyclic) bond motifs is 1. The molecule has 3 aromatic heterocycles. The van der Waals surface area contributed by atoms with Gasteiger partial charge in [-0.3, -0.25) is 4.79 Å². The lowest BCUT2D eigenvalue weighted by atomic mass is 9.95. The minimum Gasteiger partial charge on any atom is -0.345 e. The van der Waals surface area contributed by atoms with Crippen molar-refractivity contribution in [3.05, 3.63) is 46.0 Å². The van der Waals surface area contributed by atoms with Gasteiger partial charge >= 0.3 is 0 Å². The molecule has 0 spiro atoms. The number of H-pyrrole nitrogens is 1. The maximum Gasteiger partial charge on any atom is 0.281 e. The van der Waals surface area contributed by atoms with Crippen LogP contribution in [0.2, 0.25) is 0 Å². The van der Waals surface area contributed by atoms with Crippen molar-refractivity contribution in [2.24, 2.45) is 4.99 Å². The van der Waals surface area contributed by atoms with Crippen LogP contribution in [0.3, 0.4) is 0 Å². The number of rotatable bonds is 2. The minimum absolute atomic E-state index is 0.208. The van der Waals surface area contributed by atoms with Gasteiger partial charge in [0.25, 0.3) is 5.91 Å². The standard InChI is InChI=1S/C18H20N4OS/c1-12-11-24-18(22(12)13-6-3-2-4-7-13)21-17(23)15-10-20-16-14(15)8-5-9-19-16/h5,8-11,13H,2-4,6-7H2,1H3,(H,19,20). The molecule has 1 N–H and O–H groups in total. The Morgan fingerprint density at radius 2 is 2.21 bits per heavy atom. The van der Waals surface area contributed by atoms with Gasteiger partial charge in [0.2, 0.25) is 0 Å². The van der Waals surface area contributed by atoms with E-state index in [0.717, 1.165) is 15.8 Å². The lowest BCUT2D eigenvalue weighted by Crippen LogP contribution is -2.25. The highest BCUT2D eigenvalue weighted by molar-refractivity contribution is 7.07. The Morgan fingerprint density at radius 3 is 3.04 bits per heavy atom. The Balaban J connectivity index is 1.74. The second kappa shape index (κ2) is 6.36. The second-order valence-electron chi connectivity index (χ2n) is 6.34. The molecule has 124 valence electrons. The van der Waals surface area contributed by atoms with Crippen molar-refractivity contribution in [3.8, 4) is 0 Å². The molecule has 1 aliphatic carbocycles. The number of nitrogens with one attached hydrogen (secondary N) is 1. The largest absolute Gasteiger partial charge is 0.345 e. The predicted molar refractivity (Wildman–Crippen MR) is 95.2 cm³/mol. The van der Waals surface area contributed by atoms with Crippen molar-refractivity contribution >= 4 is 28.3 Å². The lowest BCUT2D eigenvalue weighted by molar-refractivity contribution is 0.0999. The first kappa shape index (κ1) is 15.3. The molecular weight excluding hydrogens is 320 g/mol. The molecular formula is C18H20N4OS. The minimum atomic E-state index is -0.208. The molecule has 1 fully saturated rings. The summed E-state index contributed by atoms with van der Waals surface area (Å²) in [5, 5.41) is 2.92. The number of thiazole rings is 1. The quantitative estimate of drug-likeness (QED) is 0.767. The number of hydrogen-bond donors (Lipinski definition) is 1. The highest BCUT2D eigenvalue weighted by Crippen LogP contribution is 2.28. The fourth-order valence-electron chi connectivity index (χ4n) is 3.55. The number of carbonyl (C=O) groups is 1. The molecule has 1 aliphatic rings. The average Bonchev–Trinajstić information content (AvgIpc) is 3.19. The van der Waals surface area contributed by atoms with E-state index < -0.39 is 0 Å². The molecule has 24 heavy (non-hydrogen) atoms. The van der Waals surface area contributed by atoms with E-state index in [-0.39, 0.29) is 5.91 Å². The van der Waals surface area contributed by atoms with E-state index in [4.69, 9.17) is 0 Å². The summed E-state index contributed by atoms with van der Waals surface area (Å²) in [5.74, 6) is -0.208. The van der Waals surface area contributed by atoms with E-state index in [1.54, 1.807) is 23.7 Å². The van der Waals surface area contributed by atoms with Crippen LogP contribution in [0.5, 0.6) is 0 Å². The molecule has 0 unspecified atom stereocenters. The summed E-state index contributed by atoms with van der Waals surface area (Å²) >= 11 is 1.55. The van der Waals surface area contributed by atoms with Gasteiger partial charge in [0.1, 0.15) is 5.65 Å². The maximum atomic E-state index is 12.7. The molecule has 1 amide bonds. The summed E-state index contributed by atoms with van der Waals surface area (Å²) in [5.41, 5.74) is 2.50. The van der Waals surface area contributed by atoms with Gasteiger partial charge < -0.3 is 9.55 Å². The molecule has 6 heteroatoms. The zero-order valence-electron chi connectivity index (χ0n) is 13.7. The van der Waals surface area contributed by atoms with Crippen LogP contribution < -0.4 is 4.80 Å². The smallest absolute Gasteiger partial charge is 0.281 e. The van der Waals surface area contributed by atoms with Gasteiger partial charge in [0.05, 0.1) is 5.56 Å². The Kier molecular flexibility index (Phi) is 4.06. The molecule has 0 aliphatic heterocycles. The fraction of sp³-hybridized carbons (Fsp3) is 0.389. The molecule has 0 bridgehead atoms. The molecule has 0 saturated heterocycles. The number of aryl methyl sites for hydroxylation is 1. The number of hydrogen-bond acceptors (Lipinski definition) is 3. The summed E-state index contributed by atoms with van der Waals surface area (Å²) in [7, 11) is 0. The molecule has 3 heterocycles. The maximum absolute atomic E-state index is 12.7. The molecule has 3 aromatic rings. The van der Waals surface area contributed by atoms with Crippen molar-refractivity contribution in [2.45, 2.75) is 45.1 Å². The van der Waals surface area contributed by atoms with Gasteiger partial charge in [-0.1, -0.05) is 19.3 Å². The SMILES string of the molecule is Cc1csc(=NC(=O)c2c[nH]c3ncccc23)n1C1CCCCC1. The van der Waals surface area contributed by atoms with Gasteiger partial charge in [-0.2, -0.15) is 4.99 Å². The summed E-state index contributed by atoms with van der Waals surface area (Å²) in [6.07, 6.45) is 9.60. The Hall–Kier alpha value is -2.21. The van der Waals surface area contributed by atoms with E-state index in [2.05, 4.69) is 31.8 Å². The van der Waals surface area contributed by atoms with Crippen LogP contribution in [-0.4, -0.2) is 20.4 Å². The normalized spacial score (nSPS) is 16.8. The number of pyridine rings is 1. The van der Waals surface area contributed by atoms with Crippen LogP contribution in [0.15, 0.2) is 34.9 Å². The topological polar surface area (TPSA) is 63.0 Å². The predicted octanol–water partition coefficient (Wildman–Crippen LogP) is 3.98. The Bertz CT molecular complexity index is 943. The van der Waals surface area contributed by atoms with Crippen LogP contribution in [0.25, 0.3) is 11.0 Å². The third-order valence-corrected chi connectivity index (χ3v) is 5.70. The van der Waals surface area contributed by atoms with E-state index in [9.17, 15) is 4.79 Å². The number of amides is 1. The van der Waals surface area contributed by atoms with E-state index in [1.807, 2.05) is 12.1 Å². The Morgan fingerprint density at radius 1 is 1.38 bits per heavy atom. The molecule has 0 atom stereocenters. The monoisotopic (exact) mass is 340 g/mol. The van der Waals surface area contributed by atoms with Gasteiger partial charge in [-0.25, -0.2) is 4.98 Å². The summed E-state index contributed by atoms with van der Waals surface area (Å²) in [6.45, 7) is 2.10. The van der Waals surface area contributed by atoms with Crippen LogP contribution >= 0.6 is 11.3 Å². The highest BCUT2D eigenvalue weighted by atomic mass is 32.1. The summed E-state index contributed by atoms with van der Waals surface area (Å²) < 4.78 is 2.26. The second-order valence-corrected chi connectivity index (χ2v) is 7.18.